The average Bonchev–Trinajstić information content (AvgIpc) is 3.25. The van der Waals surface area contributed by atoms with E-state index in [4.69, 9.17) is 16.3 Å². The van der Waals surface area contributed by atoms with Crippen LogP contribution in [-0.4, -0.2) is 6.04 Å². The molecule has 1 fully saturated rings. The van der Waals surface area contributed by atoms with Crippen LogP contribution in [0, 0.1) is 6.92 Å². The average molecular weight is 288 g/mol. The molecule has 0 heterocycles. The van der Waals surface area contributed by atoms with Crippen LogP contribution in [0.15, 0.2) is 42.5 Å². The number of rotatable bonds is 5. The van der Waals surface area contributed by atoms with Crippen molar-refractivity contribution in [2.75, 3.05) is 0 Å². The smallest absolute Gasteiger partial charge is 0.127 e. The van der Waals surface area contributed by atoms with Gasteiger partial charge in [-0.25, -0.2) is 0 Å². The van der Waals surface area contributed by atoms with Crippen LogP contribution in [0.3, 0.4) is 0 Å². The van der Waals surface area contributed by atoms with Gasteiger partial charge in [0.15, 0.2) is 0 Å². The molecule has 0 aromatic heterocycles. The van der Waals surface area contributed by atoms with Crippen molar-refractivity contribution < 1.29 is 4.74 Å². The zero-order chi connectivity index (χ0) is 13.9. The molecule has 0 amide bonds. The van der Waals surface area contributed by atoms with E-state index in [0.29, 0.717) is 0 Å². The van der Waals surface area contributed by atoms with Crippen molar-refractivity contribution in [1.82, 2.24) is 5.32 Å². The normalized spacial score (nSPS) is 14.3. The Morgan fingerprint density at radius 3 is 2.45 bits per heavy atom. The summed E-state index contributed by atoms with van der Waals surface area (Å²) in [6, 6.07) is 14.4. The SMILES string of the molecule is Cc1cc(Oc2ccc(Cl)cc2)ccc1CNC1CC1. The first kappa shape index (κ1) is 13.5. The summed E-state index contributed by atoms with van der Waals surface area (Å²) in [5.74, 6) is 1.66. The summed E-state index contributed by atoms with van der Waals surface area (Å²) in [6.45, 7) is 3.07. The molecule has 2 nitrogen and oxygen atoms in total. The molecular weight excluding hydrogens is 270 g/mol. The van der Waals surface area contributed by atoms with Gasteiger partial charge in [-0.2, -0.15) is 0 Å². The molecule has 1 N–H and O–H groups in total. The third kappa shape index (κ3) is 3.53. The molecule has 0 spiro atoms. The van der Waals surface area contributed by atoms with E-state index >= 15 is 0 Å². The van der Waals surface area contributed by atoms with Crippen molar-refractivity contribution in [3.05, 3.63) is 58.6 Å². The minimum absolute atomic E-state index is 0.718. The fraction of sp³-hybridized carbons (Fsp3) is 0.294. The van der Waals surface area contributed by atoms with Crippen LogP contribution in [0.4, 0.5) is 0 Å². The highest BCUT2D eigenvalue weighted by atomic mass is 35.5. The van der Waals surface area contributed by atoms with Crippen molar-refractivity contribution in [3.63, 3.8) is 0 Å². The fourth-order valence-corrected chi connectivity index (χ4v) is 2.24. The Bertz CT molecular complexity index is 590. The zero-order valence-electron chi connectivity index (χ0n) is 11.5. The highest BCUT2D eigenvalue weighted by Crippen LogP contribution is 2.26. The van der Waals surface area contributed by atoms with Gasteiger partial charge in [-0.3, -0.25) is 0 Å². The maximum atomic E-state index is 5.86. The van der Waals surface area contributed by atoms with Gasteiger partial charge in [0.1, 0.15) is 11.5 Å². The van der Waals surface area contributed by atoms with Crippen molar-refractivity contribution in [1.29, 1.82) is 0 Å². The molecule has 1 aliphatic carbocycles. The Balaban J connectivity index is 1.67. The van der Waals surface area contributed by atoms with Crippen molar-refractivity contribution in [2.45, 2.75) is 32.4 Å². The van der Waals surface area contributed by atoms with Gasteiger partial charge in [0.05, 0.1) is 0 Å². The summed E-state index contributed by atoms with van der Waals surface area (Å²) < 4.78 is 5.83. The van der Waals surface area contributed by atoms with E-state index in [1.165, 1.54) is 24.0 Å². The van der Waals surface area contributed by atoms with Crippen LogP contribution < -0.4 is 10.1 Å². The highest BCUT2D eigenvalue weighted by Gasteiger charge is 2.20. The summed E-state index contributed by atoms with van der Waals surface area (Å²) in [5, 5.41) is 4.25. The summed E-state index contributed by atoms with van der Waals surface area (Å²) in [6.07, 6.45) is 2.63. The van der Waals surface area contributed by atoms with Gasteiger partial charge in [0.2, 0.25) is 0 Å². The first-order valence-corrected chi connectivity index (χ1v) is 7.35. The zero-order valence-corrected chi connectivity index (χ0v) is 12.3. The summed E-state index contributed by atoms with van der Waals surface area (Å²) in [5.41, 5.74) is 2.59. The van der Waals surface area contributed by atoms with Crippen LogP contribution in [0.1, 0.15) is 24.0 Å². The molecule has 3 heteroatoms. The lowest BCUT2D eigenvalue weighted by atomic mass is 10.1. The van der Waals surface area contributed by atoms with Gasteiger partial charge in [-0.05, 0) is 67.3 Å². The van der Waals surface area contributed by atoms with Crippen LogP contribution in [0.2, 0.25) is 5.02 Å². The number of benzene rings is 2. The van der Waals surface area contributed by atoms with E-state index in [-0.39, 0.29) is 0 Å². The van der Waals surface area contributed by atoms with E-state index in [2.05, 4.69) is 24.4 Å². The molecule has 3 rings (SSSR count). The minimum atomic E-state index is 0.718. The molecule has 20 heavy (non-hydrogen) atoms. The number of hydrogen-bond donors (Lipinski definition) is 1. The number of ether oxygens (including phenoxy) is 1. The van der Waals surface area contributed by atoms with Gasteiger partial charge in [0, 0.05) is 17.6 Å². The highest BCUT2D eigenvalue weighted by molar-refractivity contribution is 6.30. The second-order valence-electron chi connectivity index (χ2n) is 5.30. The third-order valence-corrected chi connectivity index (χ3v) is 3.77. The largest absolute Gasteiger partial charge is 0.457 e. The molecule has 1 saturated carbocycles. The van der Waals surface area contributed by atoms with Crippen molar-refractivity contribution in [3.8, 4) is 11.5 Å². The molecule has 104 valence electrons. The lowest BCUT2D eigenvalue weighted by Crippen LogP contribution is -2.15. The topological polar surface area (TPSA) is 21.3 Å². The molecule has 0 atom stereocenters. The van der Waals surface area contributed by atoms with E-state index in [9.17, 15) is 0 Å². The lowest BCUT2D eigenvalue weighted by Gasteiger charge is -2.10. The van der Waals surface area contributed by atoms with Crippen LogP contribution >= 0.6 is 11.6 Å². The van der Waals surface area contributed by atoms with Gasteiger partial charge in [0.25, 0.3) is 0 Å². The number of halogens is 1. The van der Waals surface area contributed by atoms with Gasteiger partial charge in [-0.1, -0.05) is 17.7 Å². The number of nitrogens with one attached hydrogen (secondary N) is 1. The van der Waals surface area contributed by atoms with Crippen LogP contribution in [0.5, 0.6) is 11.5 Å². The summed E-state index contributed by atoms with van der Waals surface area (Å²) >= 11 is 5.86. The van der Waals surface area contributed by atoms with E-state index in [0.717, 1.165) is 29.1 Å². The monoisotopic (exact) mass is 287 g/mol. The number of aryl methyl sites for hydroxylation is 1. The lowest BCUT2D eigenvalue weighted by molar-refractivity contribution is 0.482. The van der Waals surface area contributed by atoms with Crippen molar-refractivity contribution >= 4 is 11.6 Å². The predicted molar refractivity (Wildman–Crippen MR) is 82.6 cm³/mol. The second kappa shape index (κ2) is 5.86. The van der Waals surface area contributed by atoms with E-state index in [1.54, 1.807) is 0 Å². The van der Waals surface area contributed by atoms with Crippen LogP contribution in [-0.2, 0) is 6.54 Å². The summed E-state index contributed by atoms with van der Waals surface area (Å²) in [7, 11) is 0. The Hall–Kier alpha value is -1.51. The Kier molecular flexibility index (Phi) is 3.95. The van der Waals surface area contributed by atoms with E-state index in [1.807, 2.05) is 30.3 Å². The van der Waals surface area contributed by atoms with Gasteiger partial charge >= 0.3 is 0 Å². The molecule has 0 saturated heterocycles. The Morgan fingerprint density at radius 1 is 1.10 bits per heavy atom. The molecular formula is C17H18ClNO. The number of hydrogen-bond acceptors (Lipinski definition) is 2. The van der Waals surface area contributed by atoms with E-state index < -0.39 is 0 Å². The summed E-state index contributed by atoms with van der Waals surface area (Å²) in [4.78, 5) is 0. The Labute approximate surface area is 124 Å². The van der Waals surface area contributed by atoms with Crippen LogP contribution in [0.25, 0.3) is 0 Å². The molecule has 0 bridgehead atoms. The van der Waals surface area contributed by atoms with Gasteiger partial charge in [-0.15, -0.1) is 0 Å². The molecule has 0 unspecified atom stereocenters. The predicted octanol–water partition coefficient (Wildman–Crippen LogP) is 4.69. The maximum Gasteiger partial charge on any atom is 0.127 e. The first-order valence-electron chi connectivity index (χ1n) is 6.97. The maximum absolute atomic E-state index is 5.86. The third-order valence-electron chi connectivity index (χ3n) is 3.52. The minimum Gasteiger partial charge on any atom is -0.457 e. The standard InChI is InChI=1S/C17H18ClNO/c1-12-10-17(20-16-8-3-14(18)4-9-16)7-2-13(12)11-19-15-5-6-15/h2-4,7-10,15,19H,5-6,11H2,1H3. The second-order valence-corrected chi connectivity index (χ2v) is 5.74. The fourth-order valence-electron chi connectivity index (χ4n) is 2.11. The quantitative estimate of drug-likeness (QED) is 0.861. The molecule has 2 aromatic carbocycles. The van der Waals surface area contributed by atoms with Gasteiger partial charge < -0.3 is 10.1 Å². The molecule has 0 radical (unpaired) electrons. The molecule has 0 aliphatic heterocycles. The molecule has 1 aliphatic rings. The first-order chi connectivity index (χ1) is 9.70. The molecule has 2 aromatic rings. The van der Waals surface area contributed by atoms with Crippen molar-refractivity contribution in [2.24, 2.45) is 0 Å². The Morgan fingerprint density at radius 2 is 1.80 bits per heavy atom.